The number of hydrogen-bond donors (Lipinski definition) is 3. The van der Waals surface area contributed by atoms with E-state index in [9.17, 15) is 19.2 Å². The summed E-state index contributed by atoms with van der Waals surface area (Å²) in [6.45, 7) is 14.3. The van der Waals surface area contributed by atoms with Crippen molar-refractivity contribution in [3.05, 3.63) is 59.7 Å². The van der Waals surface area contributed by atoms with Crippen molar-refractivity contribution >= 4 is 35.3 Å². The first-order valence-electron chi connectivity index (χ1n) is 11.9. The fourth-order valence-corrected chi connectivity index (χ4v) is 2.54. The Balaban J connectivity index is 0. The van der Waals surface area contributed by atoms with Gasteiger partial charge in [-0.25, -0.2) is 14.4 Å². The zero-order valence-electron chi connectivity index (χ0n) is 23.6. The van der Waals surface area contributed by atoms with Crippen LogP contribution in [0.4, 0.5) is 21.0 Å². The average molecular weight is 549 g/mol. The number of aliphatic hydroxyl groups excluding tert-OH is 1. The number of hydrogen-bond acceptors (Lipinski definition) is 8. The van der Waals surface area contributed by atoms with Crippen molar-refractivity contribution in [2.75, 3.05) is 24.4 Å². The Kier molecular flexibility index (Phi) is 16.8. The van der Waals surface area contributed by atoms with Gasteiger partial charge >= 0.3 is 18.2 Å². The van der Waals surface area contributed by atoms with Crippen LogP contribution in [-0.2, 0) is 14.2 Å². The molecule has 0 atom stereocenters. The van der Waals surface area contributed by atoms with E-state index in [0.29, 0.717) is 29.1 Å². The maximum absolute atomic E-state index is 11.5. The zero-order chi connectivity index (χ0) is 29.5. The zero-order valence-corrected chi connectivity index (χ0v) is 23.6. The summed E-state index contributed by atoms with van der Waals surface area (Å²) < 4.78 is 15.1. The number of benzene rings is 2. The lowest BCUT2D eigenvalue weighted by Gasteiger charge is -2.19. The number of Topliss-reactive ketones (excluding diaryl/α,β-unsaturated/α-hetero) is 1. The topological polar surface area (TPSA) is 140 Å². The van der Waals surface area contributed by atoms with E-state index in [1.54, 1.807) is 97.0 Å². The first-order valence-corrected chi connectivity index (χ1v) is 11.9. The van der Waals surface area contributed by atoms with Crippen molar-refractivity contribution in [3.63, 3.8) is 0 Å². The third-order valence-electron chi connectivity index (χ3n) is 3.98. The molecule has 2 aromatic rings. The summed E-state index contributed by atoms with van der Waals surface area (Å²) in [6, 6.07) is 13.1. The smallest absolute Gasteiger partial charge is 0.412 e. The van der Waals surface area contributed by atoms with Crippen molar-refractivity contribution in [2.24, 2.45) is 0 Å². The normalized spacial score (nSPS) is 10.1. The van der Waals surface area contributed by atoms with E-state index in [0.717, 1.165) is 7.11 Å². The van der Waals surface area contributed by atoms with Crippen LogP contribution in [-0.4, -0.2) is 54.0 Å². The number of aliphatic hydroxyl groups is 1. The average Bonchev–Trinajstić information content (AvgIpc) is 2.79. The maximum atomic E-state index is 11.5. The minimum absolute atomic E-state index is 0. The van der Waals surface area contributed by atoms with Gasteiger partial charge in [0.15, 0.2) is 5.78 Å². The number of carbonyl (C=O) groups excluding carboxylic acids is 4. The van der Waals surface area contributed by atoms with E-state index in [1.807, 2.05) is 0 Å². The molecule has 2 rings (SSSR count). The van der Waals surface area contributed by atoms with Gasteiger partial charge in [0.05, 0.1) is 12.2 Å². The Hall–Kier alpha value is -3.92. The lowest BCUT2D eigenvalue weighted by atomic mass is 10.1. The molecule has 0 unspecified atom stereocenters. The molecule has 0 spiro atoms. The molecule has 0 bridgehead atoms. The van der Waals surface area contributed by atoms with Crippen molar-refractivity contribution in [2.45, 2.75) is 74.0 Å². The SMILES string of the molecule is C.CC(=O)c1ccc(NC(=O)OC(C)(C)C)cc1.CCOC(=O)c1ccc(NC(=O)OC(C)(C)C)cc1.CO. The molecule has 10 heteroatoms. The van der Waals surface area contributed by atoms with Crippen LogP contribution in [0, 0.1) is 0 Å². The summed E-state index contributed by atoms with van der Waals surface area (Å²) in [6.07, 6.45) is -1.04. The molecule has 0 fully saturated rings. The Labute approximate surface area is 232 Å². The summed E-state index contributed by atoms with van der Waals surface area (Å²) in [5, 5.41) is 12.2. The molecule has 39 heavy (non-hydrogen) atoms. The van der Waals surface area contributed by atoms with Crippen LogP contribution in [0.2, 0.25) is 0 Å². The first-order chi connectivity index (χ1) is 17.6. The second kappa shape index (κ2) is 17.6. The summed E-state index contributed by atoms with van der Waals surface area (Å²) >= 11 is 0. The Bertz CT molecular complexity index is 1030. The van der Waals surface area contributed by atoms with E-state index < -0.39 is 23.4 Å². The third-order valence-corrected chi connectivity index (χ3v) is 3.98. The molecule has 3 N–H and O–H groups in total. The highest BCUT2D eigenvalue weighted by Gasteiger charge is 2.17. The Morgan fingerprint density at radius 2 is 1.03 bits per heavy atom. The van der Waals surface area contributed by atoms with Gasteiger partial charge in [-0.2, -0.15) is 0 Å². The summed E-state index contributed by atoms with van der Waals surface area (Å²) in [7, 11) is 1.00. The van der Waals surface area contributed by atoms with E-state index in [2.05, 4.69) is 10.6 Å². The second-order valence-corrected chi connectivity index (χ2v) is 9.69. The minimum Gasteiger partial charge on any atom is -0.462 e. The van der Waals surface area contributed by atoms with Crippen LogP contribution < -0.4 is 10.6 Å². The lowest BCUT2D eigenvalue weighted by molar-refractivity contribution is 0.0524. The predicted molar refractivity (Wildman–Crippen MR) is 153 cm³/mol. The molecule has 218 valence electrons. The molecular formula is C29H44N2O8. The molecule has 2 amide bonds. The van der Waals surface area contributed by atoms with Gasteiger partial charge in [0, 0.05) is 24.0 Å². The molecule has 0 aliphatic heterocycles. The number of ketones is 1. The predicted octanol–water partition coefficient (Wildman–Crippen LogP) is 6.69. The van der Waals surface area contributed by atoms with E-state index in [-0.39, 0.29) is 19.2 Å². The first kappa shape index (κ1) is 37.2. The van der Waals surface area contributed by atoms with E-state index in [4.69, 9.17) is 19.3 Å². The number of esters is 1. The molecule has 0 heterocycles. The number of carbonyl (C=O) groups is 4. The van der Waals surface area contributed by atoms with Crippen molar-refractivity contribution < 1.29 is 38.5 Å². The quantitative estimate of drug-likeness (QED) is 0.213. The van der Waals surface area contributed by atoms with Crippen LogP contribution in [0.1, 0.15) is 83.5 Å². The number of ether oxygens (including phenoxy) is 3. The highest BCUT2D eigenvalue weighted by Crippen LogP contribution is 2.14. The van der Waals surface area contributed by atoms with Crippen LogP contribution in [0.25, 0.3) is 0 Å². The van der Waals surface area contributed by atoms with Gasteiger partial charge in [-0.05, 0) is 104 Å². The van der Waals surface area contributed by atoms with Gasteiger partial charge in [-0.1, -0.05) is 7.43 Å². The standard InChI is InChI=1S/C14H19NO4.C13H17NO3.CH4O.CH4/c1-5-18-12(16)10-6-8-11(9-7-10)15-13(17)19-14(2,3)4;1-9(15)10-5-7-11(8-6-10)14-12(16)17-13(2,3)4;1-2;/h6-9H,5H2,1-4H3,(H,15,17);5-8H,1-4H3,(H,14,16);2H,1H3;1H4. The summed E-state index contributed by atoms with van der Waals surface area (Å²) in [4.78, 5) is 45.5. The molecule has 0 aliphatic rings. The highest BCUT2D eigenvalue weighted by atomic mass is 16.6. The molecule has 0 saturated heterocycles. The van der Waals surface area contributed by atoms with Crippen LogP contribution in [0.5, 0.6) is 0 Å². The molecule has 2 aromatic carbocycles. The Morgan fingerprint density at radius 1 is 0.692 bits per heavy atom. The monoisotopic (exact) mass is 548 g/mol. The lowest BCUT2D eigenvalue weighted by Crippen LogP contribution is -2.27. The van der Waals surface area contributed by atoms with Crippen LogP contribution in [0.3, 0.4) is 0 Å². The molecule has 0 saturated carbocycles. The number of rotatable bonds is 5. The van der Waals surface area contributed by atoms with Gasteiger partial charge in [0.25, 0.3) is 0 Å². The van der Waals surface area contributed by atoms with Crippen molar-refractivity contribution in [3.8, 4) is 0 Å². The minimum atomic E-state index is -0.547. The van der Waals surface area contributed by atoms with E-state index >= 15 is 0 Å². The van der Waals surface area contributed by atoms with Gasteiger partial charge in [-0.3, -0.25) is 15.4 Å². The fraction of sp³-hybridized carbons (Fsp3) is 0.448. The number of anilines is 2. The molecule has 0 aliphatic carbocycles. The number of nitrogens with one attached hydrogen (secondary N) is 2. The van der Waals surface area contributed by atoms with Crippen molar-refractivity contribution in [1.82, 2.24) is 0 Å². The van der Waals surface area contributed by atoms with Crippen LogP contribution >= 0.6 is 0 Å². The largest absolute Gasteiger partial charge is 0.462 e. The van der Waals surface area contributed by atoms with Crippen LogP contribution in [0.15, 0.2) is 48.5 Å². The van der Waals surface area contributed by atoms with E-state index in [1.165, 1.54) is 6.92 Å². The Morgan fingerprint density at radius 3 is 1.31 bits per heavy atom. The van der Waals surface area contributed by atoms with Gasteiger partial charge in [0.1, 0.15) is 11.2 Å². The second-order valence-electron chi connectivity index (χ2n) is 9.69. The van der Waals surface area contributed by atoms with Crippen molar-refractivity contribution in [1.29, 1.82) is 0 Å². The molecular weight excluding hydrogens is 504 g/mol. The highest BCUT2D eigenvalue weighted by molar-refractivity contribution is 5.95. The maximum Gasteiger partial charge on any atom is 0.412 e. The van der Waals surface area contributed by atoms with Gasteiger partial charge < -0.3 is 19.3 Å². The van der Waals surface area contributed by atoms with Gasteiger partial charge in [-0.15, -0.1) is 0 Å². The molecule has 10 nitrogen and oxygen atoms in total. The third kappa shape index (κ3) is 17.3. The summed E-state index contributed by atoms with van der Waals surface area (Å²) in [5.41, 5.74) is 1.14. The fourth-order valence-electron chi connectivity index (χ4n) is 2.54. The molecule has 0 radical (unpaired) electrons. The van der Waals surface area contributed by atoms with Gasteiger partial charge in [0.2, 0.25) is 0 Å². The summed E-state index contributed by atoms with van der Waals surface area (Å²) in [5.74, 6) is -0.389. The molecule has 0 aromatic heterocycles. The number of amides is 2.